The van der Waals surface area contributed by atoms with Gasteiger partial charge in [0.25, 0.3) is 0 Å². The molecule has 3 aromatic carbocycles. The Morgan fingerprint density at radius 1 is 0.962 bits per heavy atom. The Labute approximate surface area is 155 Å². The van der Waals surface area contributed by atoms with Gasteiger partial charge >= 0.3 is 0 Å². The Morgan fingerprint density at radius 2 is 1.65 bits per heavy atom. The molecule has 0 bridgehead atoms. The Morgan fingerprint density at radius 3 is 2.42 bits per heavy atom. The number of hydrogen-bond acceptors (Lipinski definition) is 2. The van der Waals surface area contributed by atoms with Crippen molar-refractivity contribution in [3.8, 4) is 0 Å². The Balaban J connectivity index is 1.76. The molecule has 3 heteroatoms. The lowest BCUT2D eigenvalue weighted by molar-refractivity contribution is -0.117. The molecule has 3 nitrogen and oxygen atoms in total. The Bertz CT molecular complexity index is 895. The monoisotopic (exact) mass is 344 g/mol. The number of likely N-dealkylation sites (N-methyl/N-ethyl adjacent to an activating group) is 1. The van der Waals surface area contributed by atoms with Gasteiger partial charge in [-0.2, -0.15) is 0 Å². The van der Waals surface area contributed by atoms with Crippen molar-refractivity contribution in [1.29, 1.82) is 0 Å². The van der Waals surface area contributed by atoms with Crippen LogP contribution < -0.4 is 5.32 Å². The van der Waals surface area contributed by atoms with E-state index in [1.165, 1.54) is 5.39 Å². The molecule has 132 valence electrons. The molecule has 0 radical (unpaired) electrons. The van der Waals surface area contributed by atoms with Crippen molar-refractivity contribution >= 4 is 22.8 Å². The SMILES string of the molecule is CN(C)CC(NC(=O)/C=C/c1cccc2ccccc12)c1ccccc1. The molecule has 0 saturated carbocycles. The number of nitrogens with one attached hydrogen (secondary N) is 1. The molecular weight excluding hydrogens is 320 g/mol. The molecule has 0 saturated heterocycles. The third-order valence-corrected chi connectivity index (χ3v) is 4.30. The summed E-state index contributed by atoms with van der Waals surface area (Å²) in [5.74, 6) is -0.0892. The van der Waals surface area contributed by atoms with Crippen LogP contribution in [0.3, 0.4) is 0 Å². The molecule has 3 rings (SSSR count). The highest BCUT2D eigenvalue weighted by Gasteiger charge is 2.14. The van der Waals surface area contributed by atoms with Gasteiger partial charge in [0.1, 0.15) is 0 Å². The summed E-state index contributed by atoms with van der Waals surface area (Å²) >= 11 is 0. The van der Waals surface area contributed by atoms with E-state index in [1.807, 2.05) is 74.8 Å². The van der Waals surface area contributed by atoms with E-state index >= 15 is 0 Å². The van der Waals surface area contributed by atoms with Gasteiger partial charge in [0, 0.05) is 12.6 Å². The van der Waals surface area contributed by atoms with E-state index in [0.29, 0.717) is 0 Å². The third kappa shape index (κ3) is 4.58. The first-order chi connectivity index (χ1) is 12.6. The van der Waals surface area contributed by atoms with Gasteiger partial charge in [0.05, 0.1) is 6.04 Å². The van der Waals surface area contributed by atoms with Gasteiger partial charge in [0.2, 0.25) is 5.91 Å². The van der Waals surface area contributed by atoms with Crippen LogP contribution in [-0.4, -0.2) is 31.4 Å². The number of benzene rings is 3. The average molecular weight is 344 g/mol. The van der Waals surface area contributed by atoms with Crippen LogP contribution in [0.15, 0.2) is 78.9 Å². The first-order valence-corrected chi connectivity index (χ1v) is 8.79. The second kappa shape index (κ2) is 8.45. The molecule has 0 aliphatic rings. The third-order valence-electron chi connectivity index (χ3n) is 4.30. The maximum Gasteiger partial charge on any atom is 0.244 e. The highest BCUT2D eigenvalue weighted by molar-refractivity contribution is 5.96. The van der Waals surface area contributed by atoms with Gasteiger partial charge in [-0.1, -0.05) is 72.8 Å². The molecule has 0 fully saturated rings. The summed E-state index contributed by atoms with van der Waals surface area (Å²) in [5.41, 5.74) is 2.15. The van der Waals surface area contributed by atoms with E-state index in [0.717, 1.165) is 23.1 Å². The molecule has 3 aromatic rings. The smallest absolute Gasteiger partial charge is 0.244 e. The van der Waals surface area contributed by atoms with Crippen molar-refractivity contribution in [3.63, 3.8) is 0 Å². The van der Waals surface area contributed by atoms with Crippen LogP contribution in [0.25, 0.3) is 16.8 Å². The summed E-state index contributed by atoms with van der Waals surface area (Å²) in [7, 11) is 4.02. The first-order valence-electron chi connectivity index (χ1n) is 8.79. The predicted molar refractivity (Wildman–Crippen MR) is 109 cm³/mol. The van der Waals surface area contributed by atoms with Crippen molar-refractivity contribution in [2.75, 3.05) is 20.6 Å². The van der Waals surface area contributed by atoms with Crippen molar-refractivity contribution in [2.24, 2.45) is 0 Å². The zero-order valence-electron chi connectivity index (χ0n) is 15.2. The minimum Gasteiger partial charge on any atom is -0.344 e. The van der Waals surface area contributed by atoms with Gasteiger partial charge in [-0.05, 0) is 42.1 Å². The van der Waals surface area contributed by atoms with Crippen LogP contribution in [-0.2, 0) is 4.79 Å². The summed E-state index contributed by atoms with van der Waals surface area (Å²) < 4.78 is 0. The summed E-state index contributed by atoms with van der Waals surface area (Å²) in [6.07, 6.45) is 3.50. The summed E-state index contributed by atoms with van der Waals surface area (Å²) in [6, 6.07) is 24.3. The Hall–Kier alpha value is -2.91. The topological polar surface area (TPSA) is 32.3 Å². The maximum atomic E-state index is 12.5. The lowest BCUT2D eigenvalue weighted by atomic mass is 10.0. The second-order valence-electron chi connectivity index (χ2n) is 6.64. The minimum atomic E-state index is -0.0892. The first kappa shape index (κ1) is 17.9. The molecule has 1 amide bonds. The van der Waals surface area contributed by atoms with Gasteiger partial charge < -0.3 is 10.2 Å². The lowest BCUT2D eigenvalue weighted by Gasteiger charge is -2.22. The van der Waals surface area contributed by atoms with Crippen molar-refractivity contribution in [3.05, 3.63) is 90.0 Å². The van der Waals surface area contributed by atoms with E-state index in [-0.39, 0.29) is 11.9 Å². The highest BCUT2D eigenvalue weighted by Crippen LogP contribution is 2.19. The second-order valence-corrected chi connectivity index (χ2v) is 6.64. The fourth-order valence-electron chi connectivity index (χ4n) is 3.07. The number of carbonyl (C=O) groups excluding carboxylic acids is 1. The lowest BCUT2D eigenvalue weighted by Crippen LogP contribution is -2.34. The summed E-state index contributed by atoms with van der Waals surface area (Å²) in [4.78, 5) is 14.6. The molecule has 26 heavy (non-hydrogen) atoms. The van der Waals surface area contributed by atoms with E-state index in [9.17, 15) is 4.79 Å². The summed E-state index contributed by atoms with van der Waals surface area (Å²) in [5, 5.41) is 5.43. The van der Waals surface area contributed by atoms with E-state index in [2.05, 4.69) is 28.4 Å². The number of rotatable bonds is 6. The van der Waals surface area contributed by atoms with Crippen molar-refractivity contribution < 1.29 is 4.79 Å². The molecule has 0 aliphatic carbocycles. The average Bonchev–Trinajstić information content (AvgIpc) is 2.66. The van der Waals surface area contributed by atoms with Crippen molar-refractivity contribution in [1.82, 2.24) is 10.2 Å². The van der Waals surface area contributed by atoms with Crippen LogP contribution in [0.2, 0.25) is 0 Å². The van der Waals surface area contributed by atoms with Gasteiger partial charge in [-0.25, -0.2) is 0 Å². The van der Waals surface area contributed by atoms with Gasteiger partial charge in [-0.15, -0.1) is 0 Å². The number of carbonyl (C=O) groups is 1. The summed E-state index contributed by atoms with van der Waals surface area (Å²) in [6.45, 7) is 0.748. The van der Waals surface area contributed by atoms with Gasteiger partial charge in [0.15, 0.2) is 0 Å². The quantitative estimate of drug-likeness (QED) is 0.677. The standard InChI is InChI=1S/C23H24N2O/c1-25(2)17-22(20-10-4-3-5-11-20)24-23(26)16-15-19-13-8-12-18-9-6-7-14-21(18)19/h3-16,22H,17H2,1-2H3,(H,24,26)/b16-15+. The fraction of sp³-hybridized carbons (Fsp3) is 0.174. The maximum absolute atomic E-state index is 12.5. The molecule has 0 heterocycles. The van der Waals surface area contributed by atoms with Crippen LogP contribution >= 0.6 is 0 Å². The minimum absolute atomic E-state index is 0.0455. The number of amides is 1. The van der Waals surface area contributed by atoms with Crippen LogP contribution in [0.5, 0.6) is 0 Å². The van der Waals surface area contributed by atoms with Crippen LogP contribution in [0, 0.1) is 0 Å². The van der Waals surface area contributed by atoms with Crippen LogP contribution in [0.1, 0.15) is 17.2 Å². The van der Waals surface area contributed by atoms with Crippen molar-refractivity contribution in [2.45, 2.75) is 6.04 Å². The Kier molecular flexibility index (Phi) is 5.82. The number of nitrogens with zero attached hydrogens (tertiary/aromatic N) is 1. The number of fused-ring (bicyclic) bond motifs is 1. The molecule has 0 spiro atoms. The highest BCUT2D eigenvalue weighted by atomic mass is 16.1. The number of hydrogen-bond donors (Lipinski definition) is 1. The zero-order chi connectivity index (χ0) is 18.4. The molecule has 0 aromatic heterocycles. The fourth-order valence-corrected chi connectivity index (χ4v) is 3.07. The molecule has 1 unspecified atom stereocenters. The molecule has 1 N–H and O–H groups in total. The van der Waals surface area contributed by atoms with Crippen LogP contribution in [0.4, 0.5) is 0 Å². The van der Waals surface area contributed by atoms with E-state index in [4.69, 9.17) is 0 Å². The normalized spacial score (nSPS) is 12.6. The largest absolute Gasteiger partial charge is 0.344 e. The molecule has 0 aliphatic heterocycles. The van der Waals surface area contributed by atoms with Gasteiger partial charge in [-0.3, -0.25) is 4.79 Å². The van der Waals surface area contributed by atoms with E-state index < -0.39 is 0 Å². The predicted octanol–water partition coefficient (Wildman–Crippen LogP) is 4.27. The molecule has 1 atom stereocenters. The van der Waals surface area contributed by atoms with E-state index in [1.54, 1.807) is 6.08 Å². The zero-order valence-corrected chi connectivity index (χ0v) is 15.2. The molecular formula is C23H24N2O.